The highest BCUT2D eigenvalue weighted by Gasteiger charge is 2.06. The molecule has 1 aromatic heterocycles. The molecule has 0 atom stereocenters. The summed E-state index contributed by atoms with van der Waals surface area (Å²) in [6, 6.07) is 5.96. The van der Waals surface area contributed by atoms with Crippen LogP contribution in [-0.2, 0) is 0 Å². The molecule has 0 radical (unpaired) electrons. The van der Waals surface area contributed by atoms with E-state index in [-0.39, 0.29) is 0 Å². The minimum atomic E-state index is 0.655. The molecule has 70 valence electrons. The molecular weight excluding hydrogens is 176 g/mol. The molecule has 14 heavy (non-hydrogen) atoms. The largest absolute Gasteiger partial charge is 0.497 e. The van der Waals surface area contributed by atoms with Gasteiger partial charge in [-0.25, -0.2) is 0 Å². The zero-order valence-corrected chi connectivity index (χ0v) is 8.09. The molecule has 1 N–H and O–H groups in total. The summed E-state index contributed by atoms with van der Waals surface area (Å²) >= 11 is 0. The molecule has 0 saturated carbocycles. The number of methoxy groups -OCH3 is 1. The highest BCUT2D eigenvalue weighted by Crippen LogP contribution is 2.26. The number of H-pyrrole nitrogens is 1. The van der Waals surface area contributed by atoms with Gasteiger partial charge in [-0.2, -0.15) is 5.26 Å². The summed E-state index contributed by atoms with van der Waals surface area (Å²) in [4.78, 5) is 3.08. The summed E-state index contributed by atoms with van der Waals surface area (Å²) < 4.78 is 5.15. The number of hydrogen-bond acceptors (Lipinski definition) is 2. The molecule has 1 aromatic carbocycles. The van der Waals surface area contributed by atoms with Crippen molar-refractivity contribution in [2.24, 2.45) is 0 Å². The third kappa shape index (κ3) is 1.12. The van der Waals surface area contributed by atoms with Gasteiger partial charge < -0.3 is 9.72 Å². The van der Waals surface area contributed by atoms with Crippen LogP contribution in [0.1, 0.15) is 11.1 Å². The highest BCUT2D eigenvalue weighted by molar-refractivity contribution is 5.89. The Bertz CT molecular complexity index is 520. The summed E-state index contributed by atoms with van der Waals surface area (Å²) in [5, 5.41) is 9.79. The molecule has 2 rings (SSSR count). The summed E-state index contributed by atoms with van der Waals surface area (Å²) in [6.45, 7) is 1.99. The van der Waals surface area contributed by atoms with Crippen LogP contribution >= 0.6 is 0 Å². The predicted molar refractivity (Wildman–Crippen MR) is 54.3 cm³/mol. The van der Waals surface area contributed by atoms with Gasteiger partial charge in [0.05, 0.1) is 12.7 Å². The van der Waals surface area contributed by atoms with Crippen molar-refractivity contribution in [3.63, 3.8) is 0 Å². The quantitative estimate of drug-likeness (QED) is 0.743. The number of benzene rings is 1. The van der Waals surface area contributed by atoms with Crippen molar-refractivity contribution >= 4 is 10.9 Å². The van der Waals surface area contributed by atoms with E-state index in [0.29, 0.717) is 5.56 Å². The molecule has 0 spiro atoms. The van der Waals surface area contributed by atoms with Crippen LogP contribution in [0.2, 0.25) is 0 Å². The van der Waals surface area contributed by atoms with Gasteiger partial charge in [-0.1, -0.05) is 0 Å². The first-order valence-corrected chi connectivity index (χ1v) is 4.32. The SMILES string of the molecule is COc1cc(C)c2[nH]cc(C#N)c2c1. The van der Waals surface area contributed by atoms with Crippen molar-refractivity contribution in [3.05, 3.63) is 29.5 Å². The number of aryl methyl sites for hydroxylation is 1. The van der Waals surface area contributed by atoms with E-state index in [9.17, 15) is 0 Å². The monoisotopic (exact) mass is 186 g/mol. The zero-order valence-electron chi connectivity index (χ0n) is 8.09. The van der Waals surface area contributed by atoms with Gasteiger partial charge in [-0.05, 0) is 24.6 Å². The Labute approximate surface area is 81.9 Å². The van der Waals surface area contributed by atoms with E-state index in [1.165, 1.54) is 0 Å². The first-order chi connectivity index (χ1) is 6.76. The fourth-order valence-electron chi connectivity index (χ4n) is 1.59. The van der Waals surface area contributed by atoms with Crippen LogP contribution in [0.4, 0.5) is 0 Å². The number of nitriles is 1. The molecular formula is C11H10N2O. The minimum absolute atomic E-state index is 0.655. The average Bonchev–Trinajstić information content (AvgIpc) is 2.61. The van der Waals surface area contributed by atoms with Crippen LogP contribution in [0.5, 0.6) is 5.75 Å². The maximum atomic E-state index is 8.87. The van der Waals surface area contributed by atoms with Crippen molar-refractivity contribution in [2.75, 3.05) is 7.11 Å². The lowest BCUT2D eigenvalue weighted by atomic mass is 10.1. The minimum Gasteiger partial charge on any atom is -0.497 e. The lowest BCUT2D eigenvalue weighted by Gasteiger charge is -2.02. The van der Waals surface area contributed by atoms with Gasteiger partial charge in [0.15, 0.2) is 0 Å². The van der Waals surface area contributed by atoms with Crippen LogP contribution in [0.25, 0.3) is 10.9 Å². The average molecular weight is 186 g/mol. The fourth-order valence-corrected chi connectivity index (χ4v) is 1.59. The van der Waals surface area contributed by atoms with Gasteiger partial charge in [0.25, 0.3) is 0 Å². The molecule has 0 unspecified atom stereocenters. The third-order valence-corrected chi connectivity index (χ3v) is 2.32. The number of ether oxygens (including phenoxy) is 1. The van der Waals surface area contributed by atoms with Crippen molar-refractivity contribution in [1.82, 2.24) is 4.98 Å². The molecule has 0 fully saturated rings. The van der Waals surface area contributed by atoms with Crippen molar-refractivity contribution in [2.45, 2.75) is 6.92 Å². The molecule has 3 heteroatoms. The topological polar surface area (TPSA) is 48.8 Å². The molecule has 0 saturated heterocycles. The van der Waals surface area contributed by atoms with Crippen molar-refractivity contribution in [1.29, 1.82) is 5.26 Å². The van der Waals surface area contributed by atoms with Crippen LogP contribution in [0.3, 0.4) is 0 Å². The maximum Gasteiger partial charge on any atom is 0.119 e. The van der Waals surface area contributed by atoms with Gasteiger partial charge in [0, 0.05) is 17.1 Å². The van der Waals surface area contributed by atoms with Crippen LogP contribution < -0.4 is 4.74 Å². The van der Waals surface area contributed by atoms with Gasteiger partial charge >= 0.3 is 0 Å². The second-order valence-corrected chi connectivity index (χ2v) is 3.18. The standard InChI is InChI=1S/C11H10N2O/c1-7-3-9(14-2)4-10-8(5-12)6-13-11(7)10/h3-4,6,13H,1-2H3. The third-order valence-electron chi connectivity index (χ3n) is 2.32. The maximum absolute atomic E-state index is 8.87. The van der Waals surface area contributed by atoms with E-state index in [1.807, 2.05) is 19.1 Å². The Morgan fingerprint density at radius 2 is 2.21 bits per heavy atom. The molecule has 0 aliphatic rings. The normalized spacial score (nSPS) is 10.1. The van der Waals surface area contributed by atoms with Crippen molar-refractivity contribution < 1.29 is 4.74 Å². The molecule has 1 heterocycles. The number of nitrogens with one attached hydrogen (secondary N) is 1. The second-order valence-electron chi connectivity index (χ2n) is 3.18. The molecule has 0 amide bonds. The van der Waals surface area contributed by atoms with Gasteiger partial charge in [0.1, 0.15) is 11.8 Å². The van der Waals surface area contributed by atoms with E-state index < -0.39 is 0 Å². The summed E-state index contributed by atoms with van der Waals surface area (Å²) in [7, 11) is 1.62. The second kappa shape index (κ2) is 3.08. The number of fused-ring (bicyclic) bond motifs is 1. The van der Waals surface area contributed by atoms with Crippen LogP contribution in [-0.4, -0.2) is 12.1 Å². The first kappa shape index (κ1) is 8.64. The summed E-state index contributed by atoms with van der Waals surface area (Å²) in [5.74, 6) is 0.783. The summed E-state index contributed by atoms with van der Waals surface area (Å²) in [6.07, 6.45) is 1.72. The van der Waals surface area contributed by atoms with E-state index in [4.69, 9.17) is 10.00 Å². The smallest absolute Gasteiger partial charge is 0.119 e. The fraction of sp³-hybridized carbons (Fsp3) is 0.182. The van der Waals surface area contributed by atoms with E-state index in [1.54, 1.807) is 13.3 Å². The molecule has 0 aliphatic heterocycles. The van der Waals surface area contributed by atoms with Crippen LogP contribution in [0.15, 0.2) is 18.3 Å². The Hall–Kier alpha value is -1.95. The Morgan fingerprint density at radius 1 is 1.43 bits per heavy atom. The Kier molecular flexibility index (Phi) is 1.90. The van der Waals surface area contributed by atoms with Gasteiger partial charge in [0.2, 0.25) is 0 Å². The molecule has 0 bridgehead atoms. The number of nitrogens with zero attached hydrogens (tertiary/aromatic N) is 1. The van der Waals surface area contributed by atoms with Crippen molar-refractivity contribution in [3.8, 4) is 11.8 Å². The lowest BCUT2D eigenvalue weighted by molar-refractivity contribution is 0.415. The van der Waals surface area contributed by atoms with E-state index in [2.05, 4.69) is 11.1 Å². The first-order valence-electron chi connectivity index (χ1n) is 4.32. The molecule has 2 aromatic rings. The van der Waals surface area contributed by atoms with E-state index >= 15 is 0 Å². The Morgan fingerprint density at radius 3 is 2.86 bits per heavy atom. The van der Waals surface area contributed by atoms with Gasteiger partial charge in [-0.15, -0.1) is 0 Å². The summed E-state index contributed by atoms with van der Waals surface area (Å²) in [5.41, 5.74) is 2.74. The number of rotatable bonds is 1. The Balaban J connectivity index is 2.82. The predicted octanol–water partition coefficient (Wildman–Crippen LogP) is 2.36. The number of aromatic nitrogens is 1. The number of hydrogen-bond donors (Lipinski definition) is 1. The van der Waals surface area contributed by atoms with E-state index in [0.717, 1.165) is 22.2 Å². The molecule has 3 nitrogen and oxygen atoms in total. The van der Waals surface area contributed by atoms with Crippen LogP contribution in [0, 0.1) is 18.3 Å². The highest BCUT2D eigenvalue weighted by atomic mass is 16.5. The number of aromatic amines is 1. The lowest BCUT2D eigenvalue weighted by Crippen LogP contribution is -1.85. The zero-order chi connectivity index (χ0) is 10.1. The molecule has 0 aliphatic carbocycles. The van der Waals surface area contributed by atoms with Gasteiger partial charge in [-0.3, -0.25) is 0 Å².